The van der Waals surface area contributed by atoms with Crippen LogP contribution >= 0.6 is 0 Å². The first-order chi connectivity index (χ1) is 12.2. The van der Waals surface area contributed by atoms with Gasteiger partial charge in [-0.3, -0.25) is 14.4 Å². The first-order valence-electron chi connectivity index (χ1n) is 9.09. The Balaban J connectivity index is 2.66. The van der Waals surface area contributed by atoms with E-state index in [0.29, 0.717) is 5.56 Å². The van der Waals surface area contributed by atoms with E-state index in [4.69, 9.17) is 4.74 Å². The molecule has 1 unspecified atom stereocenters. The summed E-state index contributed by atoms with van der Waals surface area (Å²) in [5, 5.41) is 2.67. The van der Waals surface area contributed by atoms with Gasteiger partial charge in [-0.25, -0.2) is 0 Å². The van der Waals surface area contributed by atoms with Crippen LogP contribution in [0.15, 0.2) is 24.3 Å². The Labute approximate surface area is 162 Å². The third-order valence-electron chi connectivity index (χ3n) is 3.89. The highest BCUT2D eigenvalue weighted by Crippen LogP contribution is 2.22. The second-order valence-electron chi connectivity index (χ2n) is 8.80. The van der Waals surface area contributed by atoms with E-state index in [1.807, 2.05) is 12.1 Å². The Hall–Kier alpha value is -2.37. The molecule has 6 nitrogen and oxygen atoms in total. The fourth-order valence-electron chi connectivity index (χ4n) is 2.44. The summed E-state index contributed by atoms with van der Waals surface area (Å²) in [6.07, 6.45) is 0. The van der Waals surface area contributed by atoms with Gasteiger partial charge in [0.15, 0.2) is 0 Å². The highest BCUT2D eigenvalue weighted by atomic mass is 16.6. The van der Waals surface area contributed by atoms with E-state index in [1.165, 1.54) is 11.9 Å². The molecule has 0 aromatic heterocycles. The van der Waals surface area contributed by atoms with Crippen molar-refractivity contribution in [1.29, 1.82) is 0 Å². The summed E-state index contributed by atoms with van der Waals surface area (Å²) >= 11 is 0. The standard InChI is InChI=1S/C21H32N2O4/c1-14(19(26)23(8)13-17(24)27-21(5,6)7)22-18(25)15-9-11-16(12-10-15)20(2,3)4/h9-12,14H,13H2,1-8H3,(H,22,25). The largest absolute Gasteiger partial charge is 0.459 e. The van der Waals surface area contributed by atoms with E-state index in [9.17, 15) is 14.4 Å². The van der Waals surface area contributed by atoms with Gasteiger partial charge in [0, 0.05) is 12.6 Å². The summed E-state index contributed by atoms with van der Waals surface area (Å²) in [4.78, 5) is 37.9. The lowest BCUT2D eigenvalue weighted by Crippen LogP contribution is -2.47. The summed E-state index contributed by atoms with van der Waals surface area (Å²) < 4.78 is 5.21. The lowest BCUT2D eigenvalue weighted by molar-refractivity contribution is -0.158. The summed E-state index contributed by atoms with van der Waals surface area (Å²) in [7, 11) is 1.51. The lowest BCUT2D eigenvalue weighted by Gasteiger charge is -2.24. The monoisotopic (exact) mass is 376 g/mol. The summed E-state index contributed by atoms with van der Waals surface area (Å²) in [5.41, 5.74) is 1.00. The molecule has 0 fully saturated rings. The fourth-order valence-corrected chi connectivity index (χ4v) is 2.44. The number of amides is 2. The number of nitrogens with one attached hydrogen (secondary N) is 1. The van der Waals surface area contributed by atoms with Crippen molar-refractivity contribution in [3.8, 4) is 0 Å². The Morgan fingerprint density at radius 1 is 1.04 bits per heavy atom. The van der Waals surface area contributed by atoms with Crippen molar-refractivity contribution >= 4 is 17.8 Å². The second-order valence-corrected chi connectivity index (χ2v) is 8.80. The van der Waals surface area contributed by atoms with Crippen LogP contribution in [0.1, 0.15) is 64.4 Å². The van der Waals surface area contributed by atoms with Crippen molar-refractivity contribution in [2.75, 3.05) is 13.6 Å². The fraction of sp³-hybridized carbons (Fsp3) is 0.571. The number of esters is 1. The van der Waals surface area contributed by atoms with Crippen molar-refractivity contribution in [2.45, 2.75) is 65.5 Å². The van der Waals surface area contributed by atoms with Gasteiger partial charge in [-0.15, -0.1) is 0 Å². The smallest absolute Gasteiger partial charge is 0.326 e. The van der Waals surface area contributed by atoms with Gasteiger partial charge >= 0.3 is 5.97 Å². The maximum atomic E-state index is 12.4. The molecule has 0 aliphatic heterocycles. The SMILES string of the molecule is CC(NC(=O)c1ccc(C(C)(C)C)cc1)C(=O)N(C)CC(=O)OC(C)(C)C. The van der Waals surface area contributed by atoms with Crippen molar-refractivity contribution in [3.05, 3.63) is 35.4 Å². The van der Waals surface area contributed by atoms with E-state index in [1.54, 1.807) is 39.8 Å². The van der Waals surface area contributed by atoms with Crippen LogP contribution < -0.4 is 5.32 Å². The van der Waals surface area contributed by atoms with Crippen LogP contribution in [0.3, 0.4) is 0 Å². The molecule has 1 rings (SSSR count). The maximum Gasteiger partial charge on any atom is 0.326 e. The normalized spacial score (nSPS) is 12.9. The molecule has 6 heteroatoms. The summed E-state index contributed by atoms with van der Waals surface area (Å²) in [6.45, 7) is 13.0. The van der Waals surface area contributed by atoms with Crippen LogP contribution in [0.4, 0.5) is 0 Å². The van der Waals surface area contributed by atoms with E-state index < -0.39 is 17.6 Å². The molecule has 150 valence electrons. The van der Waals surface area contributed by atoms with Crippen LogP contribution in [0.2, 0.25) is 0 Å². The number of hydrogen-bond acceptors (Lipinski definition) is 4. The Morgan fingerprint density at radius 2 is 1.56 bits per heavy atom. The molecule has 0 heterocycles. The molecular formula is C21H32N2O4. The number of benzene rings is 1. The minimum Gasteiger partial charge on any atom is -0.459 e. The van der Waals surface area contributed by atoms with Gasteiger partial charge in [-0.1, -0.05) is 32.9 Å². The van der Waals surface area contributed by atoms with Gasteiger partial charge < -0.3 is 15.0 Å². The minimum absolute atomic E-state index is 0.00262. The second kappa shape index (κ2) is 8.55. The number of nitrogens with zero attached hydrogens (tertiary/aromatic N) is 1. The molecule has 1 aromatic carbocycles. The number of rotatable bonds is 5. The predicted molar refractivity (Wildman–Crippen MR) is 106 cm³/mol. The molecule has 0 aliphatic carbocycles. The average molecular weight is 376 g/mol. The van der Waals surface area contributed by atoms with Crippen molar-refractivity contribution in [3.63, 3.8) is 0 Å². The molecule has 2 amide bonds. The third kappa shape index (κ3) is 7.41. The topological polar surface area (TPSA) is 75.7 Å². The molecule has 1 atom stereocenters. The highest BCUT2D eigenvalue weighted by molar-refractivity contribution is 5.97. The molecule has 0 radical (unpaired) electrons. The lowest BCUT2D eigenvalue weighted by atomic mass is 9.86. The van der Waals surface area contributed by atoms with Crippen LogP contribution in [0.25, 0.3) is 0 Å². The van der Waals surface area contributed by atoms with Gasteiger partial charge in [0.1, 0.15) is 18.2 Å². The zero-order valence-electron chi connectivity index (χ0n) is 17.7. The van der Waals surface area contributed by atoms with Gasteiger partial charge in [-0.2, -0.15) is 0 Å². The number of carbonyl (C=O) groups excluding carboxylic acids is 3. The van der Waals surface area contributed by atoms with Crippen molar-refractivity contribution in [1.82, 2.24) is 10.2 Å². The molecule has 0 spiro atoms. The van der Waals surface area contributed by atoms with Crippen LogP contribution in [-0.2, 0) is 19.7 Å². The Morgan fingerprint density at radius 3 is 2.00 bits per heavy atom. The summed E-state index contributed by atoms with van der Waals surface area (Å²) in [6, 6.07) is 6.56. The zero-order valence-corrected chi connectivity index (χ0v) is 17.7. The maximum absolute atomic E-state index is 12.4. The van der Waals surface area contributed by atoms with Crippen LogP contribution in [0.5, 0.6) is 0 Å². The highest BCUT2D eigenvalue weighted by Gasteiger charge is 2.24. The van der Waals surface area contributed by atoms with Gasteiger partial charge in [0.2, 0.25) is 5.91 Å². The first kappa shape index (κ1) is 22.7. The van der Waals surface area contributed by atoms with Gasteiger partial charge in [0.25, 0.3) is 5.91 Å². The van der Waals surface area contributed by atoms with E-state index in [-0.39, 0.29) is 23.8 Å². The molecule has 0 bridgehead atoms. The van der Waals surface area contributed by atoms with E-state index in [0.717, 1.165) is 5.56 Å². The third-order valence-corrected chi connectivity index (χ3v) is 3.89. The molecule has 0 aliphatic rings. The molecule has 1 aromatic rings. The number of ether oxygens (including phenoxy) is 1. The molecule has 0 saturated carbocycles. The number of hydrogen-bond donors (Lipinski definition) is 1. The molecule has 0 saturated heterocycles. The average Bonchev–Trinajstić information content (AvgIpc) is 2.51. The Bertz CT molecular complexity index is 682. The minimum atomic E-state index is -0.757. The van der Waals surface area contributed by atoms with Crippen molar-refractivity contribution < 1.29 is 19.1 Å². The Kier molecular flexibility index (Phi) is 7.18. The predicted octanol–water partition coefficient (Wildman–Crippen LogP) is 2.90. The molecule has 1 N–H and O–H groups in total. The van der Waals surface area contributed by atoms with Crippen molar-refractivity contribution in [2.24, 2.45) is 0 Å². The van der Waals surface area contributed by atoms with E-state index >= 15 is 0 Å². The van der Waals surface area contributed by atoms with Crippen LogP contribution in [-0.4, -0.2) is 47.9 Å². The first-order valence-corrected chi connectivity index (χ1v) is 9.09. The van der Waals surface area contributed by atoms with Gasteiger partial charge in [0.05, 0.1) is 0 Å². The van der Waals surface area contributed by atoms with Crippen LogP contribution in [0, 0.1) is 0 Å². The van der Waals surface area contributed by atoms with Gasteiger partial charge in [-0.05, 0) is 50.8 Å². The summed E-state index contributed by atoms with van der Waals surface area (Å²) in [5.74, 6) is -1.18. The van der Waals surface area contributed by atoms with E-state index in [2.05, 4.69) is 26.1 Å². The zero-order chi connectivity index (χ0) is 21.0. The molecular weight excluding hydrogens is 344 g/mol. The quantitative estimate of drug-likeness (QED) is 0.802. The number of likely N-dealkylation sites (N-methyl/N-ethyl adjacent to an activating group) is 1. The molecule has 27 heavy (non-hydrogen) atoms. The number of carbonyl (C=O) groups is 3.